The molecule has 2 aromatic rings. The summed E-state index contributed by atoms with van der Waals surface area (Å²) in [6.07, 6.45) is 0. The van der Waals surface area contributed by atoms with Crippen molar-refractivity contribution < 1.29 is 14.3 Å². The largest absolute Gasteiger partial charge is 0.495 e. The molecule has 23 heavy (non-hydrogen) atoms. The fraction of sp³-hybridized carbons (Fsp3) is 0.125. The summed E-state index contributed by atoms with van der Waals surface area (Å²) in [5, 5.41) is 11.8. The quantitative estimate of drug-likeness (QED) is 0.840. The minimum atomic E-state index is -0.352. The van der Waals surface area contributed by atoms with Crippen LogP contribution in [-0.4, -0.2) is 20.1 Å². The molecule has 0 atom stereocenters. The highest BCUT2D eigenvalue weighted by atomic mass is 79.9. The van der Waals surface area contributed by atoms with Crippen LogP contribution in [-0.2, 0) is 0 Å². The van der Waals surface area contributed by atoms with Crippen LogP contribution in [0.1, 0.15) is 15.9 Å². The molecule has 0 aromatic heterocycles. The van der Waals surface area contributed by atoms with Gasteiger partial charge in [-0.2, -0.15) is 5.26 Å². The SMILES string of the molecule is COc1cc(C(=O)Nc2ccc(C#N)c(Cl)c2)cc(OC)c1Br. The lowest BCUT2D eigenvalue weighted by molar-refractivity contribution is 0.102. The molecule has 5 nitrogen and oxygen atoms in total. The lowest BCUT2D eigenvalue weighted by Gasteiger charge is -2.12. The van der Waals surface area contributed by atoms with E-state index in [1.54, 1.807) is 24.3 Å². The van der Waals surface area contributed by atoms with Crippen LogP contribution < -0.4 is 14.8 Å². The van der Waals surface area contributed by atoms with Crippen molar-refractivity contribution in [3.8, 4) is 17.6 Å². The van der Waals surface area contributed by atoms with Crippen molar-refractivity contribution in [1.29, 1.82) is 5.26 Å². The molecule has 0 aliphatic carbocycles. The van der Waals surface area contributed by atoms with Crippen molar-refractivity contribution in [2.45, 2.75) is 0 Å². The van der Waals surface area contributed by atoms with Crippen molar-refractivity contribution in [1.82, 2.24) is 0 Å². The van der Waals surface area contributed by atoms with Crippen molar-refractivity contribution in [3.63, 3.8) is 0 Å². The summed E-state index contributed by atoms with van der Waals surface area (Å²) in [5.41, 5.74) is 1.19. The summed E-state index contributed by atoms with van der Waals surface area (Å²) >= 11 is 9.30. The molecule has 1 amide bonds. The second kappa shape index (κ2) is 7.36. The van der Waals surface area contributed by atoms with Gasteiger partial charge in [0.15, 0.2) is 0 Å². The third kappa shape index (κ3) is 3.76. The van der Waals surface area contributed by atoms with Crippen LogP contribution in [0.5, 0.6) is 11.5 Å². The topological polar surface area (TPSA) is 71.3 Å². The molecular weight excluding hydrogens is 384 g/mol. The highest BCUT2D eigenvalue weighted by molar-refractivity contribution is 9.10. The van der Waals surface area contributed by atoms with E-state index in [1.165, 1.54) is 20.3 Å². The molecule has 0 saturated carbocycles. The average Bonchev–Trinajstić information content (AvgIpc) is 2.55. The highest BCUT2D eigenvalue weighted by Crippen LogP contribution is 2.35. The van der Waals surface area contributed by atoms with E-state index in [2.05, 4.69) is 21.2 Å². The number of rotatable bonds is 4. The molecule has 0 bridgehead atoms. The zero-order valence-corrected chi connectivity index (χ0v) is 14.7. The summed E-state index contributed by atoms with van der Waals surface area (Å²) in [5.74, 6) is 0.606. The van der Waals surface area contributed by atoms with E-state index in [0.717, 1.165) is 0 Å². The van der Waals surface area contributed by atoms with Gasteiger partial charge in [0.1, 0.15) is 22.0 Å². The molecule has 118 valence electrons. The van der Waals surface area contributed by atoms with Gasteiger partial charge in [0.2, 0.25) is 0 Å². The lowest BCUT2D eigenvalue weighted by Crippen LogP contribution is -2.12. The Balaban J connectivity index is 2.31. The third-order valence-corrected chi connectivity index (χ3v) is 4.15. The van der Waals surface area contributed by atoms with Crippen LogP contribution in [0.2, 0.25) is 5.02 Å². The molecule has 0 heterocycles. The Labute approximate surface area is 146 Å². The number of methoxy groups -OCH3 is 2. The summed E-state index contributed by atoms with van der Waals surface area (Å²) < 4.78 is 11.1. The van der Waals surface area contributed by atoms with Gasteiger partial charge in [0, 0.05) is 11.3 Å². The maximum absolute atomic E-state index is 12.4. The Kier molecular flexibility index (Phi) is 5.48. The number of amides is 1. The molecule has 0 aliphatic heterocycles. The fourth-order valence-electron chi connectivity index (χ4n) is 1.89. The second-order valence-corrected chi connectivity index (χ2v) is 5.66. The number of nitrogens with one attached hydrogen (secondary N) is 1. The van der Waals surface area contributed by atoms with Crippen LogP contribution in [0.3, 0.4) is 0 Å². The Morgan fingerprint density at radius 3 is 2.30 bits per heavy atom. The van der Waals surface area contributed by atoms with E-state index in [-0.39, 0.29) is 10.9 Å². The van der Waals surface area contributed by atoms with Gasteiger partial charge in [0.05, 0.1) is 24.8 Å². The number of anilines is 1. The number of carbonyl (C=O) groups excluding carboxylic acids is 1. The first kappa shape index (κ1) is 17.1. The molecule has 0 unspecified atom stereocenters. The van der Waals surface area contributed by atoms with E-state index in [1.807, 2.05) is 6.07 Å². The molecule has 0 radical (unpaired) electrons. The summed E-state index contributed by atoms with van der Waals surface area (Å²) in [4.78, 5) is 12.4. The predicted octanol–water partition coefficient (Wildman–Crippen LogP) is 4.24. The predicted molar refractivity (Wildman–Crippen MR) is 91.4 cm³/mol. The number of benzene rings is 2. The van der Waals surface area contributed by atoms with Crippen LogP contribution in [0.25, 0.3) is 0 Å². The van der Waals surface area contributed by atoms with Crippen LogP contribution >= 0.6 is 27.5 Å². The van der Waals surface area contributed by atoms with Gasteiger partial charge in [-0.1, -0.05) is 11.6 Å². The minimum Gasteiger partial charge on any atom is -0.495 e. The Morgan fingerprint density at radius 1 is 1.22 bits per heavy atom. The van der Waals surface area contributed by atoms with Gasteiger partial charge in [-0.15, -0.1) is 0 Å². The van der Waals surface area contributed by atoms with Gasteiger partial charge in [-0.3, -0.25) is 4.79 Å². The molecule has 2 aromatic carbocycles. The molecule has 7 heteroatoms. The van der Waals surface area contributed by atoms with E-state index in [0.29, 0.717) is 32.8 Å². The Hall–Kier alpha value is -2.23. The smallest absolute Gasteiger partial charge is 0.255 e. The maximum atomic E-state index is 12.4. The summed E-state index contributed by atoms with van der Waals surface area (Å²) in [7, 11) is 3.00. The van der Waals surface area contributed by atoms with E-state index >= 15 is 0 Å². The lowest BCUT2D eigenvalue weighted by atomic mass is 10.1. The van der Waals surface area contributed by atoms with Crippen LogP contribution in [0.15, 0.2) is 34.8 Å². The zero-order chi connectivity index (χ0) is 17.0. The number of hydrogen-bond acceptors (Lipinski definition) is 4. The number of nitrogens with zero attached hydrogens (tertiary/aromatic N) is 1. The van der Waals surface area contributed by atoms with Crippen molar-refractivity contribution >= 4 is 39.1 Å². The number of hydrogen-bond donors (Lipinski definition) is 1. The number of nitriles is 1. The van der Waals surface area contributed by atoms with Crippen LogP contribution in [0.4, 0.5) is 5.69 Å². The van der Waals surface area contributed by atoms with Gasteiger partial charge >= 0.3 is 0 Å². The standard InChI is InChI=1S/C16H12BrClN2O3/c1-22-13-5-10(6-14(23-2)15(13)17)16(21)20-11-4-3-9(8-19)12(18)7-11/h3-7H,1-2H3,(H,20,21). The molecule has 0 aliphatic rings. The first-order valence-electron chi connectivity index (χ1n) is 6.42. The number of halogens is 2. The molecule has 1 N–H and O–H groups in total. The minimum absolute atomic E-state index is 0.274. The Morgan fingerprint density at radius 2 is 1.83 bits per heavy atom. The molecular formula is C16H12BrClN2O3. The molecule has 0 fully saturated rings. The van der Waals surface area contributed by atoms with Crippen molar-refractivity contribution in [3.05, 3.63) is 51.0 Å². The number of carbonyl (C=O) groups is 1. The Bertz CT molecular complexity index is 777. The maximum Gasteiger partial charge on any atom is 0.255 e. The molecule has 0 spiro atoms. The third-order valence-electron chi connectivity index (χ3n) is 3.06. The van der Waals surface area contributed by atoms with Crippen LogP contribution in [0, 0.1) is 11.3 Å². The van der Waals surface area contributed by atoms with Gasteiger partial charge in [0.25, 0.3) is 5.91 Å². The van der Waals surface area contributed by atoms with Crippen molar-refractivity contribution in [2.75, 3.05) is 19.5 Å². The summed E-state index contributed by atoms with van der Waals surface area (Å²) in [6.45, 7) is 0. The normalized spacial score (nSPS) is 9.87. The van der Waals surface area contributed by atoms with Crippen molar-refractivity contribution in [2.24, 2.45) is 0 Å². The highest BCUT2D eigenvalue weighted by Gasteiger charge is 2.15. The van der Waals surface area contributed by atoms with E-state index in [4.69, 9.17) is 26.3 Å². The van der Waals surface area contributed by atoms with E-state index < -0.39 is 0 Å². The first-order valence-corrected chi connectivity index (χ1v) is 7.59. The van der Waals surface area contributed by atoms with Gasteiger partial charge < -0.3 is 14.8 Å². The van der Waals surface area contributed by atoms with Gasteiger partial charge in [-0.25, -0.2) is 0 Å². The van der Waals surface area contributed by atoms with Gasteiger partial charge in [-0.05, 0) is 46.3 Å². The fourth-order valence-corrected chi connectivity index (χ4v) is 2.66. The van der Waals surface area contributed by atoms with E-state index in [9.17, 15) is 4.79 Å². The monoisotopic (exact) mass is 394 g/mol. The average molecular weight is 396 g/mol. The molecule has 2 rings (SSSR count). The first-order chi connectivity index (χ1) is 11.0. The number of ether oxygens (including phenoxy) is 2. The second-order valence-electron chi connectivity index (χ2n) is 4.46. The summed E-state index contributed by atoms with van der Waals surface area (Å²) in [6, 6.07) is 9.81. The zero-order valence-electron chi connectivity index (χ0n) is 12.3. The molecule has 0 saturated heterocycles.